The minimum absolute atomic E-state index is 0.0408. The molecule has 0 aliphatic carbocycles. The maximum absolute atomic E-state index is 13.4. The first-order valence-electron chi connectivity index (χ1n) is 10.0. The normalized spacial score (nSPS) is 11.1. The first kappa shape index (κ1) is 23.4. The van der Waals surface area contributed by atoms with E-state index in [1.165, 1.54) is 19.2 Å². The molecule has 2 amide bonds. The van der Waals surface area contributed by atoms with Crippen LogP contribution in [-0.4, -0.2) is 30.8 Å². The van der Waals surface area contributed by atoms with Crippen molar-refractivity contribution >= 4 is 17.4 Å². The molecule has 0 bridgehead atoms. The summed E-state index contributed by atoms with van der Waals surface area (Å²) in [7, 11) is 1.37. The van der Waals surface area contributed by atoms with Gasteiger partial charge in [-0.1, -0.05) is 45.9 Å². The lowest BCUT2D eigenvalue weighted by Crippen LogP contribution is -2.43. The molecule has 6 nitrogen and oxygen atoms in total. The number of halogens is 2. The average Bonchev–Trinajstić information content (AvgIpc) is 2.72. The molecule has 8 heteroatoms. The molecule has 0 unspecified atom stereocenters. The summed E-state index contributed by atoms with van der Waals surface area (Å²) in [5, 5.41) is 2.69. The Morgan fingerprint density at radius 1 is 1.13 bits per heavy atom. The van der Waals surface area contributed by atoms with Crippen LogP contribution in [0.15, 0.2) is 36.4 Å². The minimum Gasteiger partial charge on any atom is -0.481 e. The summed E-state index contributed by atoms with van der Waals surface area (Å²) in [6.45, 7) is 5.05. The molecule has 0 radical (unpaired) electrons. The molecule has 1 aromatic heterocycles. The van der Waals surface area contributed by atoms with E-state index in [9.17, 15) is 13.6 Å². The second-order valence-electron chi connectivity index (χ2n) is 7.07. The van der Waals surface area contributed by atoms with Gasteiger partial charge < -0.3 is 14.8 Å². The number of urea groups is 1. The third-order valence-corrected chi connectivity index (χ3v) is 4.83. The predicted molar refractivity (Wildman–Crippen MR) is 114 cm³/mol. The van der Waals surface area contributed by atoms with Crippen LogP contribution in [0, 0.1) is 0 Å². The number of ether oxygens (including phenoxy) is 2. The summed E-state index contributed by atoms with van der Waals surface area (Å²) in [5.74, 6) is -0.101. The molecule has 164 valence electrons. The molecule has 0 saturated heterocycles. The van der Waals surface area contributed by atoms with Crippen LogP contribution >= 0.6 is 0 Å². The summed E-state index contributed by atoms with van der Waals surface area (Å²) in [5.41, 5.74) is 1.85. The molecule has 30 heavy (non-hydrogen) atoms. The highest BCUT2D eigenvalue weighted by molar-refractivity contribution is 6.03. The molecule has 1 N–H and O–H groups in total. The van der Waals surface area contributed by atoms with Crippen molar-refractivity contribution in [1.82, 2.24) is 4.98 Å². The van der Waals surface area contributed by atoms with E-state index in [4.69, 9.17) is 4.74 Å². The number of nitrogens with zero attached hydrogens (tertiary/aromatic N) is 2. The first-order valence-corrected chi connectivity index (χ1v) is 10.0. The van der Waals surface area contributed by atoms with Crippen LogP contribution in [0.1, 0.15) is 52.0 Å². The van der Waals surface area contributed by atoms with Crippen LogP contribution < -0.4 is 19.7 Å². The van der Waals surface area contributed by atoms with E-state index in [0.29, 0.717) is 0 Å². The van der Waals surface area contributed by atoms with Gasteiger partial charge in [-0.25, -0.2) is 4.79 Å². The van der Waals surface area contributed by atoms with Crippen LogP contribution in [0.4, 0.5) is 25.0 Å². The number of hydrogen-bond acceptors (Lipinski definition) is 4. The molecule has 2 rings (SSSR count). The van der Waals surface area contributed by atoms with Crippen molar-refractivity contribution < 1.29 is 23.0 Å². The molecule has 0 fully saturated rings. The van der Waals surface area contributed by atoms with Crippen LogP contribution in [-0.2, 0) is 0 Å². The van der Waals surface area contributed by atoms with Gasteiger partial charge in [0.1, 0.15) is 5.69 Å². The molecule has 0 aliphatic rings. The number of methoxy groups -OCH3 is 1. The highest BCUT2D eigenvalue weighted by atomic mass is 19.3. The predicted octanol–water partition coefficient (Wildman–Crippen LogP) is 6.04. The maximum atomic E-state index is 13.4. The van der Waals surface area contributed by atoms with Crippen molar-refractivity contribution in [2.75, 3.05) is 17.3 Å². The Morgan fingerprint density at radius 2 is 1.80 bits per heavy atom. The molecular weight excluding hydrogens is 392 g/mol. The van der Waals surface area contributed by atoms with E-state index in [1.54, 1.807) is 4.90 Å². The average molecular weight is 421 g/mol. The van der Waals surface area contributed by atoms with Crippen molar-refractivity contribution in [3.8, 4) is 11.8 Å². The van der Waals surface area contributed by atoms with Gasteiger partial charge in [-0.2, -0.15) is 13.8 Å². The number of carbonyl (C=O) groups is 1. The topological polar surface area (TPSA) is 63.7 Å². The van der Waals surface area contributed by atoms with Crippen LogP contribution in [0.2, 0.25) is 0 Å². The number of aromatic nitrogens is 1. The number of hydrogen-bond donors (Lipinski definition) is 1. The van der Waals surface area contributed by atoms with Gasteiger partial charge in [0.05, 0.1) is 7.11 Å². The lowest BCUT2D eigenvalue weighted by atomic mass is 9.99. The number of pyridine rings is 1. The van der Waals surface area contributed by atoms with E-state index in [0.717, 1.165) is 24.1 Å². The van der Waals surface area contributed by atoms with Crippen LogP contribution in [0.25, 0.3) is 0 Å². The van der Waals surface area contributed by atoms with Crippen molar-refractivity contribution in [1.29, 1.82) is 0 Å². The lowest BCUT2D eigenvalue weighted by Gasteiger charge is -2.33. The maximum Gasteiger partial charge on any atom is 0.388 e. The van der Waals surface area contributed by atoms with Crippen LogP contribution in [0.5, 0.6) is 11.8 Å². The lowest BCUT2D eigenvalue weighted by molar-refractivity contribution is -0.0525. The van der Waals surface area contributed by atoms with Crippen molar-refractivity contribution in [2.24, 2.45) is 0 Å². The zero-order valence-electron chi connectivity index (χ0n) is 18.0. The Morgan fingerprint density at radius 3 is 2.37 bits per heavy atom. The highest BCUT2D eigenvalue weighted by Gasteiger charge is 2.27. The standard InChI is InChI=1S/C22H29F2N3O3/c1-6-15(7-2)27(18-11-9-8-10-16(18)14(3)4)22(28)25-17-12-13-19(29-5)26-20(17)30-21(23)24/h8-15,21H,6-7H2,1-5H3,(H,25,28). The Bertz CT molecular complexity index is 842. The third-order valence-electron chi connectivity index (χ3n) is 4.83. The second-order valence-corrected chi connectivity index (χ2v) is 7.07. The number of carbonyl (C=O) groups excluding carboxylic acids is 1. The highest BCUT2D eigenvalue weighted by Crippen LogP contribution is 2.32. The van der Waals surface area contributed by atoms with Gasteiger partial charge in [-0.3, -0.25) is 4.90 Å². The number of rotatable bonds is 9. The van der Waals surface area contributed by atoms with Gasteiger partial charge in [0.15, 0.2) is 0 Å². The smallest absolute Gasteiger partial charge is 0.388 e. The second kappa shape index (κ2) is 10.8. The SMILES string of the molecule is CCC(CC)N(C(=O)Nc1ccc(OC)nc1OC(F)F)c1ccccc1C(C)C. The molecular formula is C22H29F2N3O3. The number of amides is 2. The number of nitrogens with one attached hydrogen (secondary N) is 1. The van der Waals surface area contributed by atoms with Gasteiger partial charge in [0, 0.05) is 17.8 Å². The van der Waals surface area contributed by atoms with E-state index in [2.05, 4.69) is 28.9 Å². The van der Waals surface area contributed by atoms with E-state index < -0.39 is 18.5 Å². The summed E-state index contributed by atoms with van der Waals surface area (Å²) >= 11 is 0. The largest absolute Gasteiger partial charge is 0.481 e. The number of anilines is 2. The van der Waals surface area contributed by atoms with Gasteiger partial charge in [-0.15, -0.1) is 0 Å². The summed E-state index contributed by atoms with van der Waals surface area (Å²) < 4.78 is 35.2. The fourth-order valence-electron chi connectivity index (χ4n) is 3.30. The monoisotopic (exact) mass is 421 g/mol. The molecule has 0 aliphatic heterocycles. The third kappa shape index (κ3) is 5.58. The molecule has 2 aromatic rings. The summed E-state index contributed by atoms with van der Waals surface area (Å²) in [6, 6.07) is 10.1. The van der Waals surface area contributed by atoms with Crippen molar-refractivity contribution in [3.05, 3.63) is 42.0 Å². The number of benzene rings is 1. The van der Waals surface area contributed by atoms with Gasteiger partial charge in [-0.05, 0) is 36.5 Å². The zero-order chi connectivity index (χ0) is 22.3. The van der Waals surface area contributed by atoms with Crippen molar-refractivity contribution in [2.45, 2.75) is 59.1 Å². The summed E-state index contributed by atoms with van der Waals surface area (Å²) in [6.07, 6.45) is 1.47. The Kier molecular flexibility index (Phi) is 8.38. The minimum atomic E-state index is -3.09. The Hall–Kier alpha value is -2.90. The Labute approximate surface area is 176 Å². The van der Waals surface area contributed by atoms with Gasteiger partial charge in [0.25, 0.3) is 0 Å². The molecule has 1 heterocycles. The number of para-hydroxylation sites is 1. The van der Waals surface area contributed by atoms with E-state index >= 15 is 0 Å². The van der Waals surface area contributed by atoms with E-state index in [-0.39, 0.29) is 23.5 Å². The van der Waals surface area contributed by atoms with Gasteiger partial charge in [0.2, 0.25) is 11.8 Å². The zero-order valence-corrected chi connectivity index (χ0v) is 18.0. The van der Waals surface area contributed by atoms with E-state index in [1.807, 2.05) is 38.1 Å². The first-order chi connectivity index (χ1) is 14.3. The molecule has 1 aromatic carbocycles. The van der Waals surface area contributed by atoms with Gasteiger partial charge >= 0.3 is 12.6 Å². The quantitative estimate of drug-likeness (QED) is 0.536. The molecule has 0 spiro atoms. The molecule has 0 atom stereocenters. The van der Waals surface area contributed by atoms with Crippen LogP contribution in [0.3, 0.4) is 0 Å². The Balaban J connectivity index is 2.46. The molecule has 0 saturated carbocycles. The van der Waals surface area contributed by atoms with Crippen molar-refractivity contribution in [3.63, 3.8) is 0 Å². The fourth-order valence-corrected chi connectivity index (χ4v) is 3.30. The summed E-state index contributed by atoms with van der Waals surface area (Å²) in [4.78, 5) is 18.9. The number of alkyl halides is 2. The fraction of sp³-hybridized carbons (Fsp3) is 0.455.